The maximum atomic E-state index is 5.24. The lowest BCUT2D eigenvalue weighted by Gasteiger charge is -2.33. The highest BCUT2D eigenvalue weighted by molar-refractivity contribution is 5.71. The van der Waals surface area contributed by atoms with Crippen molar-refractivity contribution in [2.45, 2.75) is 0 Å². The average molecular weight is 323 g/mol. The molecule has 0 unspecified atom stereocenters. The van der Waals surface area contributed by atoms with Crippen LogP contribution in [0.2, 0.25) is 0 Å². The Hall–Kier alpha value is -2.60. The van der Waals surface area contributed by atoms with Gasteiger partial charge in [0.2, 0.25) is 0 Å². The SMILES string of the molecule is COc1ccc(-c2cnc3c(N4CCN(C)CC4)nccn23)cc1. The lowest BCUT2D eigenvalue weighted by molar-refractivity contribution is 0.312. The first-order valence-corrected chi connectivity index (χ1v) is 8.16. The van der Waals surface area contributed by atoms with Crippen molar-refractivity contribution >= 4 is 11.5 Å². The Balaban J connectivity index is 1.73. The molecule has 6 nitrogen and oxygen atoms in total. The summed E-state index contributed by atoms with van der Waals surface area (Å²) in [5.41, 5.74) is 3.08. The van der Waals surface area contributed by atoms with Gasteiger partial charge in [0.05, 0.1) is 19.0 Å². The van der Waals surface area contributed by atoms with Crippen LogP contribution in [0, 0.1) is 0 Å². The molecule has 0 N–H and O–H groups in total. The summed E-state index contributed by atoms with van der Waals surface area (Å²) in [4.78, 5) is 13.9. The third-order valence-corrected chi connectivity index (χ3v) is 4.60. The fourth-order valence-electron chi connectivity index (χ4n) is 3.12. The van der Waals surface area contributed by atoms with Crippen molar-refractivity contribution in [1.82, 2.24) is 19.3 Å². The third kappa shape index (κ3) is 2.59. The van der Waals surface area contributed by atoms with Gasteiger partial charge in [0, 0.05) is 44.1 Å². The first-order valence-electron chi connectivity index (χ1n) is 8.16. The molecule has 1 saturated heterocycles. The van der Waals surface area contributed by atoms with E-state index >= 15 is 0 Å². The third-order valence-electron chi connectivity index (χ3n) is 4.60. The van der Waals surface area contributed by atoms with Crippen molar-refractivity contribution in [3.05, 3.63) is 42.9 Å². The zero-order valence-electron chi connectivity index (χ0n) is 14.0. The van der Waals surface area contributed by atoms with E-state index in [1.54, 1.807) is 7.11 Å². The number of piperazine rings is 1. The minimum atomic E-state index is 0.854. The molecule has 3 heterocycles. The van der Waals surface area contributed by atoms with Crippen molar-refractivity contribution in [2.75, 3.05) is 45.2 Å². The van der Waals surface area contributed by atoms with E-state index in [9.17, 15) is 0 Å². The van der Waals surface area contributed by atoms with E-state index in [2.05, 4.69) is 43.3 Å². The number of fused-ring (bicyclic) bond motifs is 1. The summed E-state index contributed by atoms with van der Waals surface area (Å²) < 4.78 is 7.35. The molecule has 3 aromatic rings. The van der Waals surface area contributed by atoms with Gasteiger partial charge in [-0.25, -0.2) is 9.97 Å². The van der Waals surface area contributed by atoms with Gasteiger partial charge in [-0.15, -0.1) is 0 Å². The molecular formula is C18H21N5O. The van der Waals surface area contributed by atoms with Gasteiger partial charge in [-0.2, -0.15) is 0 Å². The number of anilines is 1. The molecule has 0 bridgehead atoms. The largest absolute Gasteiger partial charge is 0.497 e. The molecule has 1 aromatic carbocycles. The molecular weight excluding hydrogens is 302 g/mol. The van der Waals surface area contributed by atoms with Gasteiger partial charge in [0.25, 0.3) is 0 Å². The Morgan fingerprint density at radius 1 is 1.00 bits per heavy atom. The van der Waals surface area contributed by atoms with Crippen LogP contribution in [-0.4, -0.2) is 59.6 Å². The lowest BCUT2D eigenvalue weighted by Crippen LogP contribution is -2.45. The topological polar surface area (TPSA) is 45.9 Å². The van der Waals surface area contributed by atoms with E-state index in [0.29, 0.717) is 0 Å². The molecule has 1 aliphatic heterocycles. The van der Waals surface area contributed by atoms with Gasteiger partial charge < -0.3 is 14.5 Å². The van der Waals surface area contributed by atoms with Crippen LogP contribution in [0.25, 0.3) is 16.9 Å². The predicted molar refractivity (Wildman–Crippen MR) is 94.7 cm³/mol. The van der Waals surface area contributed by atoms with Gasteiger partial charge in [-0.3, -0.25) is 4.40 Å². The fraction of sp³-hybridized carbons (Fsp3) is 0.333. The molecule has 2 aromatic heterocycles. The zero-order valence-corrected chi connectivity index (χ0v) is 14.0. The van der Waals surface area contributed by atoms with Crippen LogP contribution in [0.15, 0.2) is 42.9 Å². The molecule has 1 fully saturated rings. The van der Waals surface area contributed by atoms with E-state index in [1.807, 2.05) is 30.7 Å². The van der Waals surface area contributed by atoms with Gasteiger partial charge in [0.1, 0.15) is 5.75 Å². The molecule has 0 spiro atoms. The van der Waals surface area contributed by atoms with Crippen molar-refractivity contribution in [3.8, 4) is 17.0 Å². The molecule has 0 atom stereocenters. The molecule has 0 saturated carbocycles. The van der Waals surface area contributed by atoms with E-state index < -0.39 is 0 Å². The van der Waals surface area contributed by atoms with Crippen LogP contribution < -0.4 is 9.64 Å². The van der Waals surface area contributed by atoms with Crippen LogP contribution in [0.1, 0.15) is 0 Å². The number of ether oxygens (including phenoxy) is 1. The Labute approximate surface area is 141 Å². The Morgan fingerprint density at radius 2 is 1.75 bits per heavy atom. The number of methoxy groups -OCH3 is 1. The van der Waals surface area contributed by atoms with Crippen LogP contribution in [0.5, 0.6) is 5.75 Å². The highest BCUT2D eigenvalue weighted by Crippen LogP contribution is 2.26. The quantitative estimate of drug-likeness (QED) is 0.739. The lowest BCUT2D eigenvalue weighted by atomic mass is 10.1. The molecule has 0 radical (unpaired) electrons. The van der Waals surface area contributed by atoms with Gasteiger partial charge >= 0.3 is 0 Å². The standard InChI is InChI=1S/C18H21N5O/c1-21-9-11-22(12-10-21)17-18-20-13-16(23(18)8-7-19-17)14-3-5-15(24-2)6-4-14/h3-8,13H,9-12H2,1-2H3. The monoisotopic (exact) mass is 323 g/mol. The number of aromatic nitrogens is 3. The van der Waals surface area contributed by atoms with E-state index in [4.69, 9.17) is 4.74 Å². The average Bonchev–Trinajstić information content (AvgIpc) is 3.07. The number of hydrogen-bond donors (Lipinski definition) is 0. The molecule has 0 amide bonds. The Morgan fingerprint density at radius 3 is 2.46 bits per heavy atom. The molecule has 0 aliphatic carbocycles. The van der Waals surface area contributed by atoms with E-state index in [1.165, 1.54) is 0 Å². The number of benzene rings is 1. The van der Waals surface area contributed by atoms with Crippen molar-refractivity contribution in [2.24, 2.45) is 0 Å². The maximum Gasteiger partial charge on any atom is 0.180 e. The number of hydrogen-bond acceptors (Lipinski definition) is 5. The summed E-state index contributed by atoms with van der Waals surface area (Å²) in [6.45, 7) is 4.06. The predicted octanol–water partition coefficient (Wildman–Crippen LogP) is 2.16. The summed E-state index contributed by atoms with van der Waals surface area (Å²) >= 11 is 0. The van der Waals surface area contributed by atoms with Crippen molar-refractivity contribution in [1.29, 1.82) is 0 Å². The summed E-state index contributed by atoms with van der Waals surface area (Å²) in [6, 6.07) is 8.05. The number of nitrogens with zero attached hydrogens (tertiary/aromatic N) is 5. The van der Waals surface area contributed by atoms with Crippen molar-refractivity contribution in [3.63, 3.8) is 0 Å². The van der Waals surface area contributed by atoms with Gasteiger partial charge in [-0.05, 0) is 31.3 Å². The second kappa shape index (κ2) is 6.13. The molecule has 4 rings (SSSR count). The Bertz CT molecular complexity index is 834. The fourth-order valence-corrected chi connectivity index (χ4v) is 3.12. The summed E-state index contributed by atoms with van der Waals surface area (Å²) in [5, 5.41) is 0. The summed E-state index contributed by atoms with van der Waals surface area (Å²) in [5.74, 6) is 1.82. The van der Waals surface area contributed by atoms with Crippen LogP contribution >= 0.6 is 0 Å². The smallest absolute Gasteiger partial charge is 0.180 e. The zero-order chi connectivity index (χ0) is 16.5. The first kappa shape index (κ1) is 15.0. The number of imidazole rings is 1. The molecule has 6 heteroatoms. The Kier molecular flexibility index (Phi) is 3.82. The highest BCUT2D eigenvalue weighted by atomic mass is 16.5. The maximum absolute atomic E-state index is 5.24. The number of rotatable bonds is 3. The minimum absolute atomic E-state index is 0.854. The normalized spacial score (nSPS) is 15.8. The molecule has 24 heavy (non-hydrogen) atoms. The highest BCUT2D eigenvalue weighted by Gasteiger charge is 2.19. The minimum Gasteiger partial charge on any atom is -0.497 e. The van der Waals surface area contributed by atoms with Crippen molar-refractivity contribution < 1.29 is 4.74 Å². The second-order valence-electron chi connectivity index (χ2n) is 6.11. The van der Waals surface area contributed by atoms with Crippen LogP contribution in [0.3, 0.4) is 0 Å². The van der Waals surface area contributed by atoms with Crippen LogP contribution in [0.4, 0.5) is 5.82 Å². The summed E-state index contributed by atoms with van der Waals surface area (Å²) in [6.07, 6.45) is 5.75. The first-order chi connectivity index (χ1) is 11.8. The number of likely N-dealkylation sites (N-methyl/N-ethyl adjacent to an activating group) is 1. The van der Waals surface area contributed by atoms with Crippen LogP contribution in [-0.2, 0) is 0 Å². The van der Waals surface area contributed by atoms with Gasteiger partial charge in [0.15, 0.2) is 11.5 Å². The summed E-state index contributed by atoms with van der Waals surface area (Å²) in [7, 11) is 3.83. The van der Waals surface area contributed by atoms with E-state index in [-0.39, 0.29) is 0 Å². The second-order valence-corrected chi connectivity index (χ2v) is 6.11. The molecule has 124 valence electrons. The molecule has 1 aliphatic rings. The van der Waals surface area contributed by atoms with Gasteiger partial charge in [-0.1, -0.05) is 0 Å². The van der Waals surface area contributed by atoms with E-state index in [0.717, 1.165) is 54.7 Å².